The molecule has 2 atom stereocenters. The van der Waals surface area contributed by atoms with E-state index < -0.39 is 0 Å². The fourth-order valence-corrected chi connectivity index (χ4v) is 1.76. The van der Waals surface area contributed by atoms with Crippen LogP contribution in [0.25, 0.3) is 0 Å². The maximum absolute atomic E-state index is 5.93. The van der Waals surface area contributed by atoms with Crippen molar-refractivity contribution in [2.45, 2.75) is 32.0 Å². The van der Waals surface area contributed by atoms with Crippen LogP contribution in [0.5, 0.6) is 0 Å². The Morgan fingerprint density at radius 3 is 3.23 bits per heavy atom. The van der Waals surface area contributed by atoms with Gasteiger partial charge >= 0.3 is 0 Å². The van der Waals surface area contributed by atoms with E-state index in [2.05, 4.69) is 12.0 Å². The quantitative estimate of drug-likeness (QED) is 0.730. The van der Waals surface area contributed by atoms with E-state index in [0.717, 1.165) is 25.3 Å². The van der Waals surface area contributed by atoms with Gasteiger partial charge in [0.15, 0.2) is 0 Å². The highest BCUT2D eigenvalue weighted by Gasteiger charge is 2.28. The van der Waals surface area contributed by atoms with Gasteiger partial charge in [0.2, 0.25) is 0 Å². The van der Waals surface area contributed by atoms with Crippen molar-refractivity contribution in [3.8, 4) is 0 Å². The lowest BCUT2D eigenvalue weighted by Crippen LogP contribution is -2.25. The first kappa shape index (κ1) is 8.72. The molecule has 0 amide bonds. The molecular formula is C9H15N3O. The lowest BCUT2D eigenvalue weighted by atomic mass is 10.1. The van der Waals surface area contributed by atoms with E-state index in [4.69, 9.17) is 10.5 Å². The third-order valence-corrected chi connectivity index (χ3v) is 2.48. The van der Waals surface area contributed by atoms with Crippen molar-refractivity contribution in [2.75, 3.05) is 6.61 Å². The maximum atomic E-state index is 5.93. The molecule has 13 heavy (non-hydrogen) atoms. The molecule has 1 aliphatic heterocycles. The van der Waals surface area contributed by atoms with Crippen LogP contribution in [0.2, 0.25) is 0 Å². The normalized spacial score (nSPS) is 28.2. The molecule has 0 spiro atoms. The van der Waals surface area contributed by atoms with Gasteiger partial charge in [-0.2, -0.15) is 5.10 Å². The number of aromatic nitrogens is 2. The number of ether oxygens (including phenoxy) is 1. The minimum atomic E-state index is 0.0439. The zero-order valence-corrected chi connectivity index (χ0v) is 7.81. The van der Waals surface area contributed by atoms with Crippen molar-refractivity contribution in [1.82, 2.24) is 9.78 Å². The van der Waals surface area contributed by atoms with E-state index in [1.807, 2.05) is 10.7 Å². The van der Waals surface area contributed by atoms with Gasteiger partial charge in [-0.3, -0.25) is 4.68 Å². The van der Waals surface area contributed by atoms with Gasteiger partial charge in [0, 0.05) is 25.4 Å². The van der Waals surface area contributed by atoms with Crippen molar-refractivity contribution < 1.29 is 4.74 Å². The van der Waals surface area contributed by atoms with Crippen LogP contribution < -0.4 is 5.73 Å². The third kappa shape index (κ3) is 1.47. The molecule has 1 aromatic rings. The predicted molar refractivity (Wildman–Crippen MR) is 49.2 cm³/mol. The number of rotatable bonds is 2. The minimum absolute atomic E-state index is 0.0439. The Morgan fingerprint density at radius 2 is 2.62 bits per heavy atom. The first-order chi connectivity index (χ1) is 6.33. The van der Waals surface area contributed by atoms with Crippen LogP contribution in [0, 0.1) is 0 Å². The number of aryl methyl sites for hydroxylation is 1. The molecule has 1 aromatic heterocycles. The molecule has 4 nitrogen and oxygen atoms in total. The summed E-state index contributed by atoms with van der Waals surface area (Å²) in [5.74, 6) is 0. The molecule has 72 valence electrons. The zero-order chi connectivity index (χ0) is 9.26. The highest BCUT2D eigenvalue weighted by atomic mass is 16.5. The Hall–Kier alpha value is -0.870. The molecule has 2 rings (SSSR count). The number of hydrogen-bond acceptors (Lipinski definition) is 3. The molecule has 2 N–H and O–H groups in total. The summed E-state index contributed by atoms with van der Waals surface area (Å²) < 4.78 is 7.51. The minimum Gasteiger partial charge on any atom is -0.370 e. The van der Waals surface area contributed by atoms with Crippen LogP contribution in [0.15, 0.2) is 12.3 Å². The fraction of sp³-hybridized carbons (Fsp3) is 0.667. The molecule has 1 saturated heterocycles. The molecule has 4 heteroatoms. The van der Waals surface area contributed by atoms with Crippen LogP contribution in [0.1, 0.15) is 25.1 Å². The summed E-state index contributed by atoms with van der Waals surface area (Å²) in [6.07, 6.45) is 2.79. The standard InChI is InChI=1S/C9H15N3O/c1-2-12-8(3-5-11-12)9-7(10)4-6-13-9/h3,5,7,9H,2,4,6,10H2,1H3/t7-,9-/m1/s1. The van der Waals surface area contributed by atoms with E-state index in [1.165, 1.54) is 0 Å². The molecule has 0 radical (unpaired) electrons. The summed E-state index contributed by atoms with van der Waals surface area (Å²) in [7, 11) is 0. The second-order valence-corrected chi connectivity index (χ2v) is 3.32. The van der Waals surface area contributed by atoms with E-state index >= 15 is 0 Å². The molecule has 0 aliphatic carbocycles. The lowest BCUT2D eigenvalue weighted by molar-refractivity contribution is 0.0975. The van der Waals surface area contributed by atoms with Crippen LogP contribution >= 0.6 is 0 Å². The van der Waals surface area contributed by atoms with Gasteiger partial charge in [-0.1, -0.05) is 0 Å². The second kappa shape index (κ2) is 3.47. The first-order valence-electron chi connectivity index (χ1n) is 4.72. The van der Waals surface area contributed by atoms with Gasteiger partial charge < -0.3 is 10.5 Å². The van der Waals surface area contributed by atoms with Crippen LogP contribution in [-0.2, 0) is 11.3 Å². The Balaban J connectivity index is 2.23. The molecule has 0 saturated carbocycles. The number of nitrogens with two attached hydrogens (primary N) is 1. The van der Waals surface area contributed by atoms with Crippen molar-refractivity contribution in [1.29, 1.82) is 0 Å². The number of hydrogen-bond donors (Lipinski definition) is 1. The van der Waals surface area contributed by atoms with Gasteiger partial charge in [-0.25, -0.2) is 0 Å². The summed E-state index contributed by atoms with van der Waals surface area (Å²) >= 11 is 0. The van der Waals surface area contributed by atoms with Gasteiger partial charge in [-0.15, -0.1) is 0 Å². The second-order valence-electron chi connectivity index (χ2n) is 3.32. The maximum Gasteiger partial charge on any atom is 0.114 e. The van der Waals surface area contributed by atoms with E-state index in [-0.39, 0.29) is 12.1 Å². The van der Waals surface area contributed by atoms with Crippen LogP contribution in [0.3, 0.4) is 0 Å². The highest BCUT2D eigenvalue weighted by molar-refractivity contribution is 5.09. The first-order valence-corrected chi connectivity index (χ1v) is 4.72. The summed E-state index contributed by atoms with van der Waals surface area (Å²) in [5.41, 5.74) is 7.03. The van der Waals surface area contributed by atoms with Crippen molar-refractivity contribution in [2.24, 2.45) is 5.73 Å². The summed E-state index contributed by atoms with van der Waals surface area (Å²) in [6.45, 7) is 3.70. The predicted octanol–water partition coefficient (Wildman–Crippen LogP) is 0.692. The molecule has 2 heterocycles. The Kier molecular flexibility index (Phi) is 2.33. The Labute approximate surface area is 77.7 Å². The van der Waals surface area contributed by atoms with Crippen LogP contribution in [-0.4, -0.2) is 22.4 Å². The SMILES string of the molecule is CCn1nccc1[C@@H]1OCC[C@H]1N. The van der Waals surface area contributed by atoms with Crippen LogP contribution in [0.4, 0.5) is 0 Å². The van der Waals surface area contributed by atoms with E-state index in [0.29, 0.717) is 0 Å². The van der Waals surface area contributed by atoms with Crippen molar-refractivity contribution in [3.05, 3.63) is 18.0 Å². The monoisotopic (exact) mass is 181 g/mol. The highest BCUT2D eigenvalue weighted by Crippen LogP contribution is 2.27. The average molecular weight is 181 g/mol. The van der Waals surface area contributed by atoms with E-state index in [1.54, 1.807) is 6.20 Å². The Morgan fingerprint density at radius 1 is 1.77 bits per heavy atom. The van der Waals surface area contributed by atoms with Gasteiger partial charge in [0.1, 0.15) is 6.10 Å². The molecule has 0 aromatic carbocycles. The molecule has 0 unspecified atom stereocenters. The topological polar surface area (TPSA) is 53.1 Å². The summed E-state index contributed by atoms with van der Waals surface area (Å²) in [5, 5.41) is 4.19. The van der Waals surface area contributed by atoms with E-state index in [9.17, 15) is 0 Å². The summed E-state index contributed by atoms with van der Waals surface area (Å²) in [4.78, 5) is 0. The largest absolute Gasteiger partial charge is 0.370 e. The zero-order valence-electron chi connectivity index (χ0n) is 7.81. The molecule has 0 bridgehead atoms. The fourth-order valence-electron chi connectivity index (χ4n) is 1.76. The van der Waals surface area contributed by atoms with Gasteiger partial charge in [0.25, 0.3) is 0 Å². The average Bonchev–Trinajstić information content (AvgIpc) is 2.71. The molecule has 1 fully saturated rings. The summed E-state index contributed by atoms with van der Waals surface area (Å²) in [6, 6.07) is 2.11. The molecular weight excluding hydrogens is 166 g/mol. The Bertz CT molecular complexity index is 284. The molecule has 1 aliphatic rings. The van der Waals surface area contributed by atoms with Crippen molar-refractivity contribution in [3.63, 3.8) is 0 Å². The van der Waals surface area contributed by atoms with Gasteiger partial charge in [0.05, 0.1) is 5.69 Å². The third-order valence-electron chi connectivity index (χ3n) is 2.48. The van der Waals surface area contributed by atoms with Crippen molar-refractivity contribution >= 4 is 0 Å². The lowest BCUT2D eigenvalue weighted by Gasteiger charge is -2.15. The number of nitrogens with zero attached hydrogens (tertiary/aromatic N) is 2. The van der Waals surface area contributed by atoms with Gasteiger partial charge in [-0.05, 0) is 19.4 Å². The smallest absolute Gasteiger partial charge is 0.114 e.